The SMILES string of the molecule is CCNc1cccc(C(=O)NCc2c(C)n(CC(F)(F)F)[nH]c2=O)c1C.CN(C)C1CCCCC1. The van der Waals surface area contributed by atoms with Crippen LogP contribution in [0.15, 0.2) is 23.0 Å². The van der Waals surface area contributed by atoms with E-state index in [9.17, 15) is 22.8 Å². The zero-order valence-corrected chi connectivity index (χ0v) is 21.3. The molecule has 1 aliphatic carbocycles. The summed E-state index contributed by atoms with van der Waals surface area (Å²) in [5.74, 6) is -0.398. The van der Waals surface area contributed by atoms with Crippen molar-refractivity contribution in [3.05, 3.63) is 50.9 Å². The molecule has 1 heterocycles. The fourth-order valence-electron chi connectivity index (χ4n) is 4.27. The summed E-state index contributed by atoms with van der Waals surface area (Å²) in [4.78, 5) is 26.7. The van der Waals surface area contributed by atoms with E-state index in [1.165, 1.54) is 39.0 Å². The zero-order valence-electron chi connectivity index (χ0n) is 21.3. The van der Waals surface area contributed by atoms with Gasteiger partial charge in [-0.1, -0.05) is 25.3 Å². The average molecular weight is 498 g/mol. The summed E-state index contributed by atoms with van der Waals surface area (Å²) in [5, 5.41) is 7.90. The quantitative estimate of drug-likeness (QED) is 0.522. The largest absolute Gasteiger partial charge is 0.407 e. The molecule has 3 rings (SSSR count). The topological polar surface area (TPSA) is 82.2 Å². The number of alkyl halides is 3. The number of hydrogen-bond acceptors (Lipinski definition) is 4. The van der Waals surface area contributed by atoms with Crippen LogP contribution in [0.4, 0.5) is 18.9 Å². The van der Waals surface area contributed by atoms with Crippen LogP contribution in [-0.2, 0) is 13.1 Å². The molecule has 35 heavy (non-hydrogen) atoms. The first-order valence-corrected chi connectivity index (χ1v) is 12.1. The van der Waals surface area contributed by atoms with Crippen LogP contribution < -0.4 is 16.2 Å². The Morgan fingerprint density at radius 1 is 1.17 bits per heavy atom. The Bertz CT molecular complexity index is 1020. The number of carbonyl (C=O) groups is 1. The van der Waals surface area contributed by atoms with Gasteiger partial charge in [0.05, 0.1) is 12.1 Å². The van der Waals surface area contributed by atoms with Crippen molar-refractivity contribution in [1.82, 2.24) is 20.0 Å². The molecule has 196 valence electrons. The number of hydrogen-bond donors (Lipinski definition) is 3. The van der Waals surface area contributed by atoms with Crippen molar-refractivity contribution in [2.75, 3.05) is 26.0 Å². The van der Waals surface area contributed by atoms with E-state index in [4.69, 9.17) is 0 Å². The minimum Gasteiger partial charge on any atom is -0.385 e. The molecule has 0 bridgehead atoms. The summed E-state index contributed by atoms with van der Waals surface area (Å²) in [7, 11) is 4.38. The molecule has 0 spiro atoms. The first-order chi connectivity index (χ1) is 16.4. The molecule has 1 aliphatic rings. The van der Waals surface area contributed by atoms with Crippen LogP contribution in [-0.4, -0.2) is 53.4 Å². The first-order valence-electron chi connectivity index (χ1n) is 12.1. The predicted octanol–water partition coefficient (Wildman–Crippen LogP) is 4.60. The summed E-state index contributed by atoms with van der Waals surface area (Å²) < 4.78 is 38.3. The Morgan fingerprint density at radius 3 is 2.37 bits per heavy atom. The molecule has 0 saturated heterocycles. The Kier molecular flexibility index (Phi) is 10.4. The normalized spacial score (nSPS) is 14.4. The van der Waals surface area contributed by atoms with Crippen LogP contribution in [0.25, 0.3) is 0 Å². The van der Waals surface area contributed by atoms with E-state index < -0.39 is 24.2 Å². The standard InChI is InChI=1S/C17H21F3N4O2.C8H17N/c1-4-21-14-7-5-6-12(10(14)2)15(25)22-8-13-11(3)24(23-16(13)26)9-17(18,19)20;1-9(2)8-6-4-3-5-7-8/h5-7,21H,4,8-9H2,1-3H3,(H,22,25)(H,23,26);8H,3-7H2,1-2H3. The van der Waals surface area contributed by atoms with Crippen molar-refractivity contribution >= 4 is 11.6 Å². The molecule has 1 saturated carbocycles. The fourth-order valence-corrected chi connectivity index (χ4v) is 4.27. The van der Waals surface area contributed by atoms with Crippen LogP contribution in [0.3, 0.4) is 0 Å². The third-order valence-corrected chi connectivity index (χ3v) is 6.37. The summed E-state index contributed by atoms with van der Waals surface area (Å²) >= 11 is 0. The summed E-state index contributed by atoms with van der Waals surface area (Å²) in [6, 6.07) is 6.12. The van der Waals surface area contributed by atoms with Gasteiger partial charge in [-0.3, -0.25) is 19.4 Å². The van der Waals surface area contributed by atoms with E-state index in [0.717, 1.165) is 22.0 Å². The molecule has 0 atom stereocenters. The molecule has 0 unspecified atom stereocenters. The molecule has 1 amide bonds. The number of nitrogens with zero attached hydrogens (tertiary/aromatic N) is 2. The van der Waals surface area contributed by atoms with E-state index in [2.05, 4.69) is 34.7 Å². The Labute approximate surface area is 205 Å². The zero-order chi connectivity index (χ0) is 26.2. The lowest BCUT2D eigenvalue weighted by Crippen LogP contribution is -2.29. The Morgan fingerprint density at radius 2 is 1.83 bits per heavy atom. The first kappa shape index (κ1) is 28.5. The van der Waals surface area contributed by atoms with Crippen LogP contribution in [0.2, 0.25) is 0 Å². The number of benzene rings is 1. The third kappa shape index (κ3) is 8.45. The van der Waals surface area contributed by atoms with Gasteiger partial charge >= 0.3 is 6.18 Å². The number of halogens is 3. The molecule has 1 fully saturated rings. The molecule has 1 aromatic carbocycles. The van der Waals surface area contributed by atoms with Crippen LogP contribution >= 0.6 is 0 Å². The van der Waals surface area contributed by atoms with Crippen LogP contribution in [0.5, 0.6) is 0 Å². The molecular formula is C25H38F3N5O2. The maximum atomic E-state index is 12.5. The molecule has 10 heteroatoms. The van der Waals surface area contributed by atoms with Gasteiger partial charge in [-0.25, -0.2) is 0 Å². The van der Waals surface area contributed by atoms with Gasteiger partial charge in [0.1, 0.15) is 6.54 Å². The second kappa shape index (κ2) is 12.8. The van der Waals surface area contributed by atoms with Crippen molar-refractivity contribution in [1.29, 1.82) is 0 Å². The van der Waals surface area contributed by atoms with Gasteiger partial charge in [-0.05, 0) is 65.4 Å². The summed E-state index contributed by atoms with van der Waals surface area (Å²) in [5.41, 5.74) is 1.61. The maximum Gasteiger partial charge on any atom is 0.407 e. The van der Waals surface area contributed by atoms with Gasteiger partial charge in [0.2, 0.25) is 0 Å². The van der Waals surface area contributed by atoms with Gasteiger partial charge in [-0.2, -0.15) is 13.2 Å². The molecule has 1 aromatic heterocycles. The second-order valence-electron chi connectivity index (χ2n) is 9.15. The highest BCUT2D eigenvalue weighted by Gasteiger charge is 2.29. The second-order valence-corrected chi connectivity index (χ2v) is 9.15. The van der Waals surface area contributed by atoms with E-state index in [1.807, 2.05) is 13.0 Å². The summed E-state index contributed by atoms with van der Waals surface area (Å²) in [6.45, 7) is 4.40. The van der Waals surface area contributed by atoms with Crippen molar-refractivity contribution in [3.8, 4) is 0 Å². The molecule has 3 N–H and O–H groups in total. The van der Waals surface area contributed by atoms with E-state index in [1.54, 1.807) is 19.1 Å². The molecule has 0 aliphatic heterocycles. The maximum absolute atomic E-state index is 12.5. The minimum atomic E-state index is -4.45. The number of amides is 1. The van der Waals surface area contributed by atoms with Gasteiger partial charge in [0, 0.05) is 29.5 Å². The average Bonchev–Trinajstić information content (AvgIpc) is 3.05. The lowest BCUT2D eigenvalue weighted by molar-refractivity contribution is -0.143. The number of rotatable bonds is 7. The number of carbonyl (C=O) groups excluding carboxylic acids is 1. The van der Waals surface area contributed by atoms with Gasteiger partial charge < -0.3 is 15.5 Å². The Hall–Kier alpha value is -2.75. The lowest BCUT2D eigenvalue weighted by Gasteiger charge is -2.27. The van der Waals surface area contributed by atoms with Crippen molar-refractivity contribution in [3.63, 3.8) is 0 Å². The lowest BCUT2D eigenvalue weighted by atomic mass is 9.95. The molecule has 2 aromatic rings. The fraction of sp³-hybridized carbons (Fsp3) is 0.600. The number of aromatic nitrogens is 2. The highest BCUT2D eigenvalue weighted by atomic mass is 19.4. The number of aromatic amines is 1. The van der Waals surface area contributed by atoms with Crippen LogP contribution in [0.1, 0.15) is 66.2 Å². The predicted molar refractivity (Wildman–Crippen MR) is 133 cm³/mol. The number of anilines is 1. The van der Waals surface area contributed by atoms with Crippen LogP contribution in [0, 0.1) is 13.8 Å². The van der Waals surface area contributed by atoms with Crippen molar-refractivity contribution < 1.29 is 18.0 Å². The van der Waals surface area contributed by atoms with Gasteiger partial charge in [-0.15, -0.1) is 0 Å². The van der Waals surface area contributed by atoms with Gasteiger partial charge in [0.25, 0.3) is 11.5 Å². The monoisotopic (exact) mass is 497 g/mol. The smallest absolute Gasteiger partial charge is 0.385 e. The molecule has 0 radical (unpaired) electrons. The highest BCUT2D eigenvalue weighted by Crippen LogP contribution is 2.21. The number of nitrogens with one attached hydrogen (secondary N) is 3. The van der Waals surface area contributed by atoms with E-state index in [0.29, 0.717) is 12.1 Å². The summed E-state index contributed by atoms with van der Waals surface area (Å²) in [6.07, 6.45) is 2.76. The van der Waals surface area contributed by atoms with Gasteiger partial charge in [0.15, 0.2) is 0 Å². The minimum absolute atomic E-state index is 0.100. The Balaban J connectivity index is 0.000000402. The molecular weight excluding hydrogens is 459 g/mol. The third-order valence-electron chi connectivity index (χ3n) is 6.37. The van der Waals surface area contributed by atoms with Crippen molar-refractivity contribution in [2.45, 2.75) is 78.2 Å². The number of H-pyrrole nitrogens is 1. The highest BCUT2D eigenvalue weighted by molar-refractivity contribution is 5.97. The van der Waals surface area contributed by atoms with E-state index in [-0.39, 0.29) is 17.8 Å². The molecule has 7 nitrogen and oxygen atoms in total. The van der Waals surface area contributed by atoms with Crippen molar-refractivity contribution in [2.24, 2.45) is 0 Å². The van der Waals surface area contributed by atoms with E-state index >= 15 is 0 Å².